The molecule has 172 valence electrons. The number of likely N-dealkylation sites (tertiary alicyclic amines) is 1. The van der Waals surface area contributed by atoms with Gasteiger partial charge in [-0.3, -0.25) is 4.79 Å². The Labute approximate surface area is 191 Å². The molecule has 0 aromatic heterocycles. The summed E-state index contributed by atoms with van der Waals surface area (Å²) in [4.78, 5) is 15.0. The first kappa shape index (κ1) is 23.9. The molecule has 0 saturated carbocycles. The standard InChI is InChI=1S/C27H36N2O3/c1-19(2)25(28-26(32)13-10-21-8-11-23(30)12-9-21)18-29-15-14-27(4,20(3)17-29)22-6-5-7-24(31)16-22/h5-13,16,19-20,25,30-31H,14-15,17-18H2,1-4H3,(H,28,32)/b13-10+. The van der Waals surface area contributed by atoms with Crippen LogP contribution in [0.15, 0.2) is 54.6 Å². The van der Waals surface area contributed by atoms with Gasteiger partial charge in [0, 0.05) is 25.2 Å². The number of nitrogens with one attached hydrogen (secondary N) is 1. The highest BCUT2D eigenvalue weighted by molar-refractivity contribution is 5.91. The Balaban J connectivity index is 1.59. The van der Waals surface area contributed by atoms with E-state index in [0.29, 0.717) is 17.6 Å². The number of aromatic hydroxyl groups is 2. The largest absolute Gasteiger partial charge is 0.508 e. The number of hydrogen-bond acceptors (Lipinski definition) is 4. The fourth-order valence-electron chi connectivity index (χ4n) is 4.46. The summed E-state index contributed by atoms with van der Waals surface area (Å²) in [7, 11) is 0. The van der Waals surface area contributed by atoms with E-state index in [0.717, 1.165) is 31.6 Å². The molecule has 3 N–H and O–H groups in total. The van der Waals surface area contributed by atoms with Crippen LogP contribution >= 0.6 is 0 Å². The summed E-state index contributed by atoms with van der Waals surface area (Å²) >= 11 is 0. The topological polar surface area (TPSA) is 72.8 Å². The van der Waals surface area contributed by atoms with Crippen LogP contribution in [0.1, 0.15) is 45.2 Å². The van der Waals surface area contributed by atoms with E-state index in [4.69, 9.17) is 0 Å². The van der Waals surface area contributed by atoms with Crippen molar-refractivity contribution in [3.05, 3.63) is 65.7 Å². The van der Waals surface area contributed by atoms with E-state index in [2.05, 4.69) is 44.0 Å². The van der Waals surface area contributed by atoms with E-state index in [1.54, 1.807) is 42.5 Å². The highest BCUT2D eigenvalue weighted by Gasteiger charge is 2.38. The van der Waals surface area contributed by atoms with Gasteiger partial charge in [-0.15, -0.1) is 0 Å². The van der Waals surface area contributed by atoms with Gasteiger partial charge in [0.15, 0.2) is 0 Å². The molecular formula is C27H36N2O3. The van der Waals surface area contributed by atoms with Crippen LogP contribution in [0.2, 0.25) is 0 Å². The van der Waals surface area contributed by atoms with Crippen molar-refractivity contribution in [1.82, 2.24) is 10.2 Å². The Bertz CT molecular complexity index is 938. The number of amides is 1. The van der Waals surface area contributed by atoms with Crippen molar-refractivity contribution in [2.45, 2.75) is 45.6 Å². The average molecular weight is 437 g/mol. The SMILES string of the molecule is CC(C)C(CN1CCC(C)(c2cccc(O)c2)C(C)C1)NC(=O)/C=C/c1ccc(O)cc1. The highest BCUT2D eigenvalue weighted by Crippen LogP contribution is 2.40. The van der Waals surface area contributed by atoms with Gasteiger partial charge in [-0.1, -0.05) is 52.0 Å². The van der Waals surface area contributed by atoms with E-state index in [-0.39, 0.29) is 23.1 Å². The number of phenols is 2. The predicted octanol–water partition coefficient (Wildman–Crippen LogP) is 4.55. The third-order valence-electron chi connectivity index (χ3n) is 6.98. The first-order valence-electron chi connectivity index (χ1n) is 11.5. The number of carbonyl (C=O) groups excluding carboxylic acids is 1. The minimum absolute atomic E-state index is 0.0265. The van der Waals surface area contributed by atoms with Gasteiger partial charge in [0.25, 0.3) is 0 Å². The highest BCUT2D eigenvalue weighted by atomic mass is 16.3. The molecule has 1 amide bonds. The maximum atomic E-state index is 12.5. The molecule has 5 nitrogen and oxygen atoms in total. The molecule has 3 unspecified atom stereocenters. The fourth-order valence-corrected chi connectivity index (χ4v) is 4.46. The zero-order valence-corrected chi connectivity index (χ0v) is 19.6. The van der Waals surface area contributed by atoms with Crippen molar-refractivity contribution in [2.75, 3.05) is 19.6 Å². The first-order valence-corrected chi connectivity index (χ1v) is 11.5. The van der Waals surface area contributed by atoms with Gasteiger partial charge in [-0.2, -0.15) is 0 Å². The summed E-state index contributed by atoms with van der Waals surface area (Å²) in [5.41, 5.74) is 2.09. The van der Waals surface area contributed by atoms with Gasteiger partial charge >= 0.3 is 0 Å². The average Bonchev–Trinajstić information content (AvgIpc) is 2.75. The third kappa shape index (κ3) is 5.92. The second kappa shape index (κ2) is 10.2. The number of rotatable bonds is 7. The van der Waals surface area contributed by atoms with Crippen LogP contribution in [0.25, 0.3) is 6.08 Å². The maximum absolute atomic E-state index is 12.5. The smallest absolute Gasteiger partial charge is 0.244 e. The van der Waals surface area contributed by atoms with Gasteiger partial charge in [0.2, 0.25) is 5.91 Å². The fraction of sp³-hybridized carbons (Fsp3) is 0.444. The molecule has 32 heavy (non-hydrogen) atoms. The van der Waals surface area contributed by atoms with Gasteiger partial charge < -0.3 is 20.4 Å². The molecule has 0 spiro atoms. The van der Waals surface area contributed by atoms with Crippen molar-refractivity contribution in [2.24, 2.45) is 11.8 Å². The molecular weight excluding hydrogens is 400 g/mol. The summed E-state index contributed by atoms with van der Waals surface area (Å²) in [6.07, 6.45) is 4.33. The van der Waals surface area contributed by atoms with E-state index < -0.39 is 0 Å². The van der Waals surface area contributed by atoms with E-state index >= 15 is 0 Å². The Hall–Kier alpha value is -2.79. The van der Waals surface area contributed by atoms with Crippen LogP contribution in [0, 0.1) is 11.8 Å². The predicted molar refractivity (Wildman–Crippen MR) is 130 cm³/mol. The van der Waals surface area contributed by atoms with Crippen LogP contribution < -0.4 is 5.32 Å². The molecule has 1 saturated heterocycles. The Morgan fingerprint density at radius 3 is 2.53 bits per heavy atom. The number of hydrogen-bond donors (Lipinski definition) is 3. The number of nitrogens with zero attached hydrogens (tertiary/aromatic N) is 1. The molecule has 5 heteroatoms. The molecule has 2 aromatic carbocycles. The second-order valence-electron chi connectivity index (χ2n) is 9.66. The molecule has 2 aromatic rings. The van der Waals surface area contributed by atoms with Gasteiger partial charge in [0.05, 0.1) is 0 Å². The van der Waals surface area contributed by atoms with Crippen LogP contribution in [0.4, 0.5) is 0 Å². The number of phenolic OH excluding ortho intramolecular Hbond substituents is 2. The zero-order valence-electron chi connectivity index (χ0n) is 19.6. The summed E-state index contributed by atoms with van der Waals surface area (Å²) in [5, 5.41) is 22.5. The Kier molecular flexibility index (Phi) is 7.62. The normalized spacial score (nSPS) is 22.8. The summed E-state index contributed by atoms with van der Waals surface area (Å²) in [5.74, 6) is 1.17. The van der Waals surface area contributed by atoms with E-state index in [1.165, 1.54) is 5.56 Å². The van der Waals surface area contributed by atoms with E-state index in [1.807, 2.05) is 12.1 Å². The summed E-state index contributed by atoms with van der Waals surface area (Å²) in [6.45, 7) is 11.6. The Morgan fingerprint density at radius 2 is 1.91 bits per heavy atom. The minimum Gasteiger partial charge on any atom is -0.508 e. The number of benzene rings is 2. The summed E-state index contributed by atoms with van der Waals surface area (Å²) in [6, 6.07) is 14.5. The number of carbonyl (C=O) groups is 1. The van der Waals surface area contributed by atoms with Gasteiger partial charge in [0.1, 0.15) is 11.5 Å². The lowest BCUT2D eigenvalue weighted by molar-refractivity contribution is -0.117. The molecule has 1 aliphatic heterocycles. The zero-order chi connectivity index (χ0) is 23.3. The lowest BCUT2D eigenvalue weighted by Crippen LogP contribution is -2.53. The molecule has 0 bridgehead atoms. The quantitative estimate of drug-likeness (QED) is 0.557. The molecule has 0 radical (unpaired) electrons. The summed E-state index contributed by atoms with van der Waals surface area (Å²) < 4.78 is 0. The molecule has 3 atom stereocenters. The first-order chi connectivity index (χ1) is 15.2. The van der Waals surface area contributed by atoms with Crippen molar-refractivity contribution in [3.8, 4) is 11.5 Å². The lowest BCUT2D eigenvalue weighted by atomic mass is 9.68. The molecule has 1 heterocycles. The van der Waals surface area contributed by atoms with Crippen LogP contribution in [-0.2, 0) is 10.2 Å². The van der Waals surface area contributed by atoms with Crippen LogP contribution in [0.5, 0.6) is 11.5 Å². The van der Waals surface area contributed by atoms with Crippen molar-refractivity contribution < 1.29 is 15.0 Å². The molecule has 1 fully saturated rings. The molecule has 3 rings (SSSR count). The molecule has 0 aliphatic carbocycles. The third-order valence-corrected chi connectivity index (χ3v) is 6.98. The number of piperidine rings is 1. The van der Waals surface area contributed by atoms with Crippen molar-refractivity contribution in [3.63, 3.8) is 0 Å². The molecule has 1 aliphatic rings. The van der Waals surface area contributed by atoms with Crippen molar-refractivity contribution in [1.29, 1.82) is 0 Å². The van der Waals surface area contributed by atoms with Gasteiger partial charge in [-0.25, -0.2) is 0 Å². The van der Waals surface area contributed by atoms with Gasteiger partial charge in [-0.05, 0) is 71.7 Å². The second-order valence-corrected chi connectivity index (χ2v) is 9.66. The van der Waals surface area contributed by atoms with Crippen molar-refractivity contribution >= 4 is 12.0 Å². The monoisotopic (exact) mass is 436 g/mol. The minimum atomic E-state index is -0.105. The Morgan fingerprint density at radius 1 is 1.19 bits per heavy atom. The van der Waals surface area contributed by atoms with E-state index in [9.17, 15) is 15.0 Å². The van der Waals surface area contributed by atoms with Crippen LogP contribution in [0.3, 0.4) is 0 Å². The maximum Gasteiger partial charge on any atom is 0.244 e. The van der Waals surface area contributed by atoms with Crippen LogP contribution in [-0.4, -0.2) is 46.7 Å². The lowest BCUT2D eigenvalue weighted by Gasteiger charge is -2.46.